The van der Waals surface area contributed by atoms with Crippen LogP contribution >= 0.6 is 0 Å². The molecule has 1 nitrogen and oxygen atoms in total. The Morgan fingerprint density at radius 1 is 1.11 bits per heavy atom. The third-order valence-electron chi connectivity index (χ3n) is 2.39. The Labute approximate surface area is 55.0 Å². The average molecular weight is 122 g/mol. The smallest absolute Gasteiger partial charge is 0.0541 e. The number of ether oxygens (including phenoxy) is 1. The van der Waals surface area contributed by atoms with Crippen molar-refractivity contribution in [1.82, 2.24) is 0 Å². The van der Waals surface area contributed by atoms with Gasteiger partial charge in [-0.1, -0.05) is 13.2 Å². The van der Waals surface area contributed by atoms with Crippen molar-refractivity contribution in [1.29, 1.82) is 0 Å². The van der Waals surface area contributed by atoms with Crippen LogP contribution in [-0.2, 0) is 4.74 Å². The molecule has 1 aliphatic heterocycles. The van der Waals surface area contributed by atoms with E-state index in [1.807, 2.05) is 0 Å². The van der Waals surface area contributed by atoms with E-state index in [-0.39, 0.29) is 0 Å². The molecular formula is C8H10O. The van der Waals surface area contributed by atoms with Crippen molar-refractivity contribution in [2.45, 2.75) is 0 Å². The van der Waals surface area contributed by atoms with Crippen LogP contribution in [-0.4, -0.2) is 13.2 Å². The van der Waals surface area contributed by atoms with Gasteiger partial charge in [-0.2, -0.15) is 0 Å². The molecule has 2 rings (SSSR count). The lowest BCUT2D eigenvalue weighted by Gasteiger charge is -2.34. The summed E-state index contributed by atoms with van der Waals surface area (Å²) >= 11 is 0. The van der Waals surface area contributed by atoms with Crippen LogP contribution in [0.2, 0.25) is 0 Å². The fourth-order valence-corrected chi connectivity index (χ4v) is 1.62. The van der Waals surface area contributed by atoms with E-state index in [0.29, 0.717) is 11.8 Å². The monoisotopic (exact) mass is 122 g/mol. The number of fused-ring (bicyclic) bond motifs is 1. The number of rotatable bonds is 0. The number of hydrogen-bond donors (Lipinski definition) is 0. The molecule has 0 bridgehead atoms. The minimum Gasteiger partial charge on any atom is -0.380 e. The zero-order valence-electron chi connectivity index (χ0n) is 5.39. The zero-order chi connectivity index (χ0) is 6.43. The normalized spacial score (nSPS) is 40.4. The maximum atomic E-state index is 5.25. The van der Waals surface area contributed by atoms with Gasteiger partial charge in [0, 0.05) is 11.8 Å². The summed E-state index contributed by atoms with van der Waals surface area (Å²) in [7, 11) is 0. The SMILES string of the molecule is C=C1C(=C)[C@@H]2COC[C@H]12. The molecule has 2 atom stereocenters. The third kappa shape index (κ3) is 0.479. The minimum absolute atomic E-state index is 0.623. The van der Waals surface area contributed by atoms with Crippen molar-refractivity contribution in [3.63, 3.8) is 0 Å². The second-order valence-corrected chi connectivity index (χ2v) is 2.80. The highest BCUT2D eigenvalue weighted by atomic mass is 16.5. The lowest BCUT2D eigenvalue weighted by molar-refractivity contribution is 0.189. The predicted octanol–water partition coefficient (Wildman–Crippen LogP) is 1.37. The summed E-state index contributed by atoms with van der Waals surface area (Å²) in [4.78, 5) is 0. The van der Waals surface area contributed by atoms with Crippen molar-refractivity contribution < 1.29 is 4.74 Å². The lowest BCUT2D eigenvalue weighted by atomic mass is 9.68. The Kier molecular flexibility index (Phi) is 0.862. The molecule has 2 aliphatic rings. The molecule has 0 spiro atoms. The first-order valence-electron chi connectivity index (χ1n) is 3.26. The van der Waals surface area contributed by atoms with E-state index >= 15 is 0 Å². The molecule has 0 N–H and O–H groups in total. The molecule has 2 fully saturated rings. The van der Waals surface area contributed by atoms with Crippen LogP contribution in [0.5, 0.6) is 0 Å². The Morgan fingerprint density at radius 2 is 1.56 bits per heavy atom. The second kappa shape index (κ2) is 1.48. The molecule has 1 heterocycles. The van der Waals surface area contributed by atoms with Crippen LogP contribution in [0.4, 0.5) is 0 Å². The molecule has 0 aromatic carbocycles. The van der Waals surface area contributed by atoms with Crippen molar-refractivity contribution in [3.8, 4) is 0 Å². The van der Waals surface area contributed by atoms with Gasteiger partial charge in [-0.25, -0.2) is 0 Å². The van der Waals surface area contributed by atoms with E-state index in [1.165, 1.54) is 11.1 Å². The largest absolute Gasteiger partial charge is 0.380 e. The predicted molar refractivity (Wildman–Crippen MR) is 36.1 cm³/mol. The quantitative estimate of drug-likeness (QED) is 0.471. The Balaban J connectivity index is 2.23. The van der Waals surface area contributed by atoms with Gasteiger partial charge in [0.2, 0.25) is 0 Å². The summed E-state index contributed by atoms with van der Waals surface area (Å²) in [6, 6.07) is 0. The van der Waals surface area contributed by atoms with E-state index in [2.05, 4.69) is 13.2 Å². The standard InChI is InChI=1S/C8H10O/c1-5-6(2)8-4-9-3-7(5)8/h7-8H,1-4H2/t7-,8+. The van der Waals surface area contributed by atoms with E-state index in [0.717, 1.165) is 13.2 Å². The molecule has 0 aromatic rings. The summed E-state index contributed by atoms with van der Waals surface area (Å²) in [6.45, 7) is 9.56. The summed E-state index contributed by atoms with van der Waals surface area (Å²) in [5.41, 5.74) is 2.44. The Hall–Kier alpha value is -0.560. The van der Waals surface area contributed by atoms with E-state index in [4.69, 9.17) is 4.74 Å². The van der Waals surface area contributed by atoms with Crippen molar-refractivity contribution >= 4 is 0 Å². The molecule has 0 amide bonds. The molecule has 1 saturated heterocycles. The zero-order valence-corrected chi connectivity index (χ0v) is 5.39. The highest BCUT2D eigenvalue weighted by Gasteiger charge is 2.42. The molecule has 1 heteroatoms. The van der Waals surface area contributed by atoms with Gasteiger partial charge in [-0.05, 0) is 11.1 Å². The average Bonchev–Trinajstić information content (AvgIpc) is 2.30. The molecule has 1 saturated carbocycles. The maximum Gasteiger partial charge on any atom is 0.0541 e. The van der Waals surface area contributed by atoms with Gasteiger partial charge < -0.3 is 4.74 Å². The van der Waals surface area contributed by atoms with Gasteiger partial charge in [0.15, 0.2) is 0 Å². The first-order valence-corrected chi connectivity index (χ1v) is 3.26. The molecule has 48 valence electrons. The first kappa shape index (κ1) is 5.24. The molecule has 1 aliphatic carbocycles. The van der Waals surface area contributed by atoms with E-state index in [9.17, 15) is 0 Å². The second-order valence-electron chi connectivity index (χ2n) is 2.80. The van der Waals surface area contributed by atoms with E-state index in [1.54, 1.807) is 0 Å². The van der Waals surface area contributed by atoms with Gasteiger partial charge >= 0.3 is 0 Å². The van der Waals surface area contributed by atoms with Gasteiger partial charge in [0.1, 0.15) is 0 Å². The topological polar surface area (TPSA) is 9.23 Å². The van der Waals surface area contributed by atoms with Gasteiger partial charge in [-0.3, -0.25) is 0 Å². The molecule has 9 heavy (non-hydrogen) atoms. The van der Waals surface area contributed by atoms with Crippen LogP contribution in [0.25, 0.3) is 0 Å². The Bertz CT molecular complexity index is 161. The van der Waals surface area contributed by atoms with Crippen LogP contribution in [0, 0.1) is 11.8 Å². The highest BCUT2D eigenvalue weighted by molar-refractivity contribution is 5.43. The highest BCUT2D eigenvalue weighted by Crippen LogP contribution is 2.46. The first-order chi connectivity index (χ1) is 4.30. The fourth-order valence-electron chi connectivity index (χ4n) is 1.62. The lowest BCUT2D eigenvalue weighted by Crippen LogP contribution is -2.29. The van der Waals surface area contributed by atoms with Gasteiger partial charge in [0.05, 0.1) is 13.2 Å². The molecule has 0 aromatic heterocycles. The van der Waals surface area contributed by atoms with E-state index < -0.39 is 0 Å². The van der Waals surface area contributed by atoms with Crippen LogP contribution in [0.3, 0.4) is 0 Å². The van der Waals surface area contributed by atoms with Gasteiger partial charge in [-0.15, -0.1) is 0 Å². The Morgan fingerprint density at radius 3 is 2.00 bits per heavy atom. The minimum atomic E-state index is 0.623. The van der Waals surface area contributed by atoms with Crippen molar-refractivity contribution in [2.75, 3.05) is 13.2 Å². The summed E-state index contributed by atoms with van der Waals surface area (Å²) in [5, 5.41) is 0. The third-order valence-corrected chi connectivity index (χ3v) is 2.39. The van der Waals surface area contributed by atoms with Crippen LogP contribution in [0.1, 0.15) is 0 Å². The summed E-state index contributed by atoms with van der Waals surface area (Å²) in [6.07, 6.45) is 0. The molecule has 0 unspecified atom stereocenters. The van der Waals surface area contributed by atoms with Crippen LogP contribution in [0.15, 0.2) is 24.3 Å². The van der Waals surface area contributed by atoms with Crippen LogP contribution < -0.4 is 0 Å². The number of hydrogen-bond acceptors (Lipinski definition) is 1. The summed E-state index contributed by atoms with van der Waals surface area (Å²) < 4.78 is 5.25. The molecular weight excluding hydrogens is 112 g/mol. The molecule has 0 radical (unpaired) electrons. The van der Waals surface area contributed by atoms with Gasteiger partial charge in [0.25, 0.3) is 0 Å². The summed E-state index contributed by atoms with van der Waals surface area (Å²) in [5.74, 6) is 1.25. The van der Waals surface area contributed by atoms with Crippen molar-refractivity contribution in [3.05, 3.63) is 24.3 Å². The fraction of sp³-hybridized carbons (Fsp3) is 0.500. The maximum absolute atomic E-state index is 5.25. The van der Waals surface area contributed by atoms with Crippen molar-refractivity contribution in [2.24, 2.45) is 11.8 Å².